The van der Waals surface area contributed by atoms with Gasteiger partial charge in [0, 0.05) is 18.0 Å². The van der Waals surface area contributed by atoms with Gasteiger partial charge >= 0.3 is 5.97 Å². The third-order valence-electron chi connectivity index (χ3n) is 4.24. The van der Waals surface area contributed by atoms with Crippen molar-refractivity contribution < 1.29 is 14.3 Å². The first-order valence-corrected chi connectivity index (χ1v) is 8.45. The zero-order valence-corrected chi connectivity index (χ0v) is 14.9. The summed E-state index contributed by atoms with van der Waals surface area (Å²) in [5.74, 6) is -1.13. The largest absolute Gasteiger partial charge is 0.465 e. The highest BCUT2D eigenvalue weighted by Crippen LogP contribution is 2.32. The van der Waals surface area contributed by atoms with E-state index in [-0.39, 0.29) is 11.8 Å². The van der Waals surface area contributed by atoms with Crippen LogP contribution in [0.1, 0.15) is 40.2 Å². The predicted molar refractivity (Wildman–Crippen MR) is 92.2 cm³/mol. The Labute approximate surface area is 139 Å². The number of benzene rings is 1. The number of ether oxygens (including phenoxy) is 1. The smallest absolute Gasteiger partial charge is 0.317 e. The van der Waals surface area contributed by atoms with Crippen LogP contribution in [0.2, 0.25) is 0 Å². The van der Waals surface area contributed by atoms with Crippen LogP contribution < -0.4 is 5.32 Å². The summed E-state index contributed by atoms with van der Waals surface area (Å²) in [4.78, 5) is 24.5. The molecule has 128 valence electrons. The molecule has 4 nitrogen and oxygen atoms in total. The third-order valence-corrected chi connectivity index (χ3v) is 4.24. The third kappa shape index (κ3) is 4.64. The molecule has 0 amide bonds. The molecule has 4 heteroatoms. The van der Waals surface area contributed by atoms with Gasteiger partial charge in [0.1, 0.15) is 5.92 Å². The Morgan fingerprint density at radius 3 is 2.43 bits per heavy atom. The number of rotatable bonds is 4. The van der Waals surface area contributed by atoms with Crippen molar-refractivity contribution in [3.05, 3.63) is 35.9 Å². The molecule has 1 heterocycles. The molecule has 2 rings (SSSR count). The summed E-state index contributed by atoms with van der Waals surface area (Å²) in [5.41, 5.74) is 0.594. The van der Waals surface area contributed by atoms with E-state index in [4.69, 9.17) is 4.74 Å². The van der Waals surface area contributed by atoms with Gasteiger partial charge in [-0.3, -0.25) is 9.59 Å². The Kier molecular flexibility index (Phi) is 7.43. The van der Waals surface area contributed by atoms with E-state index in [1.54, 1.807) is 6.92 Å². The van der Waals surface area contributed by atoms with E-state index >= 15 is 0 Å². The van der Waals surface area contributed by atoms with E-state index in [1.807, 2.05) is 45.9 Å². The summed E-state index contributed by atoms with van der Waals surface area (Å²) in [6.07, 6.45) is 0.773. The lowest BCUT2D eigenvalue weighted by Crippen LogP contribution is -2.59. The fraction of sp³-hybridized carbons (Fsp3) is 0.579. The van der Waals surface area contributed by atoms with Crippen LogP contribution >= 0.6 is 0 Å². The van der Waals surface area contributed by atoms with Crippen molar-refractivity contribution in [3.8, 4) is 0 Å². The molecule has 1 aromatic carbocycles. The molecule has 0 saturated carbocycles. The Hall–Kier alpha value is -1.68. The van der Waals surface area contributed by atoms with Crippen LogP contribution in [-0.4, -0.2) is 30.9 Å². The molecule has 1 aliphatic rings. The Bertz CT molecular complexity index is 511. The minimum atomic E-state index is -0.688. The molecule has 1 aromatic rings. The lowest BCUT2D eigenvalue weighted by Gasteiger charge is -2.41. The van der Waals surface area contributed by atoms with E-state index in [0.29, 0.717) is 13.2 Å². The molecule has 23 heavy (non-hydrogen) atoms. The second kappa shape index (κ2) is 8.82. The average Bonchev–Trinajstić information content (AvgIpc) is 2.55. The number of carbonyl (C=O) groups excluding carboxylic acids is 2. The summed E-state index contributed by atoms with van der Waals surface area (Å²) in [6.45, 7) is 10.2. The monoisotopic (exact) mass is 319 g/mol. The number of piperidine rings is 1. The maximum Gasteiger partial charge on any atom is 0.317 e. The SMILES string of the molecule is CC.CCOC(=O)C1CNC(Cc2ccccc2)C(C)(C)C1=O. The molecule has 0 radical (unpaired) electrons. The van der Waals surface area contributed by atoms with E-state index in [2.05, 4.69) is 17.4 Å². The van der Waals surface area contributed by atoms with Crippen LogP contribution in [0.5, 0.6) is 0 Å². The lowest BCUT2D eigenvalue weighted by atomic mass is 9.70. The van der Waals surface area contributed by atoms with Gasteiger partial charge < -0.3 is 10.1 Å². The molecule has 1 aliphatic heterocycles. The number of ketones is 1. The molecule has 1 saturated heterocycles. The minimum Gasteiger partial charge on any atom is -0.465 e. The molecule has 0 aliphatic carbocycles. The molecule has 0 bridgehead atoms. The molecule has 0 spiro atoms. The van der Waals surface area contributed by atoms with Gasteiger partial charge in [0.05, 0.1) is 6.61 Å². The Morgan fingerprint density at radius 2 is 1.87 bits per heavy atom. The number of Topliss-reactive ketones (excluding diaryl/α,β-unsaturated/α-hetero) is 1. The van der Waals surface area contributed by atoms with Gasteiger partial charge in [-0.15, -0.1) is 0 Å². The number of nitrogens with one attached hydrogen (secondary N) is 1. The summed E-state index contributed by atoms with van der Waals surface area (Å²) in [5, 5.41) is 3.36. The van der Waals surface area contributed by atoms with Crippen LogP contribution in [0.25, 0.3) is 0 Å². The molecule has 2 atom stereocenters. The molecule has 0 aromatic heterocycles. The number of hydrogen-bond donors (Lipinski definition) is 1. The highest BCUT2D eigenvalue weighted by Gasteiger charge is 2.47. The Morgan fingerprint density at radius 1 is 1.26 bits per heavy atom. The second-order valence-corrected chi connectivity index (χ2v) is 6.04. The quantitative estimate of drug-likeness (QED) is 0.685. The van der Waals surface area contributed by atoms with Crippen molar-refractivity contribution in [2.75, 3.05) is 13.2 Å². The molecule has 2 unspecified atom stereocenters. The standard InChI is InChI=1S/C17H23NO3.C2H6/c1-4-21-16(20)13-11-18-14(17(2,3)15(13)19)10-12-8-6-5-7-9-12;1-2/h5-9,13-14,18H,4,10-11H2,1-3H3;1-2H3. The van der Waals surface area contributed by atoms with Gasteiger partial charge in [0.15, 0.2) is 5.78 Å². The van der Waals surface area contributed by atoms with Gasteiger partial charge in [0.25, 0.3) is 0 Å². The molecule has 1 N–H and O–H groups in total. The first-order valence-electron chi connectivity index (χ1n) is 8.45. The second-order valence-electron chi connectivity index (χ2n) is 6.04. The van der Waals surface area contributed by atoms with Crippen LogP contribution in [0.4, 0.5) is 0 Å². The van der Waals surface area contributed by atoms with Crippen LogP contribution in [-0.2, 0) is 20.7 Å². The first-order chi connectivity index (χ1) is 11.0. The zero-order valence-electron chi connectivity index (χ0n) is 14.9. The van der Waals surface area contributed by atoms with Gasteiger partial charge in [0.2, 0.25) is 0 Å². The van der Waals surface area contributed by atoms with Crippen LogP contribution in [0, 0.1) is 11.3 Å². The number of hydrogen-bond acceptors (Lipinski definition) is 4. The summed E-state index contributed by atoms with van der Waals surface area (Å²) in [6, 6.07) is 10.1. The fourth-order valence-corrected chi connectivity index (χ4v) is 2.84. The summed E-state index contributed by atoms with van der Waals surface area (Å²) >= 11 is 0. The summed E-state index contributed by atoms with van der Waals surface area (Å²) < 4.78 is 5.00. The van der Waals surface area contributed by atoms with Gasteiger partial charge in [-0.25, -0.2) is 0 Å². The van der Waals surface area contributed by atoms with Gasteiger partial charge in [-0.2, -0.15) is 0 Å². The predicted octanol–water partition coefficient (Wildman–Crippen LogP) is 3.00. The van der Waals surface area contributed by atoms with E-state index in [0.717, 1.165) is 6.42 Å². The van der Waals surface area contributed by atoms with E-state index in [9.17, 15) is 9.59 Å². The normalized spacial score (nSPS) is 22.7. The molecular formula is C19H29NO3. The highest BCUT2D eigenvalue weighted by molar-refractivity contribution is 6.03. The average molecular weight is 319 g/mol. The lowest BCUT2D eigenvalue weighted by molar-refractivity contribution is -0.156. The van der Waals surface area contributed by atoms with Crippen molar-refractivity contribution in [2.45, 2.75) is 47.1 Å². The van der Waals surface area contributed by atoms with Crippen molar-refractivity contribution >= 4 is 11.8 Å². The zero-order chi connectivity index (χ0) is 17.5. The maximum atomic E-state index is 12.6. The van der Waals surface area contributed by atoms with Gasteiger partial charge in [-0.1, -0.05) is 58.0 Å². The number of carbonyl (C=O) groups is 2. The number of esters is 1. The van der Waals surface area contributed by atoms with E-state index < -0.39 is 17.3 Å². The first kappa shape index (κ1) is 19.4. The van der Waals surface area contributed by atoms with Crippen molar-refractivity contribution in [1.82, 2.24) is 5.32 Å². The van der Waals surface area contributed by atoms with Crippen molar-refractivity contribution in [1.29, 1.82) is 0 Å². The highest BCUT2D eigenvalue weighted by atomic mass is 16.5. The molecular weight excluding hydrogens is 290 g/mol. The topological polar surface area (TPSA) is 55.4 Å². The van der Waals surface area contributed by atoms with Crippen molar-refractivity contribution in [3.63, 3.8) is 0 Å². The maximum absolute atomic E-state index is 12.6. The minimum absolute atomic E-state index is 0.0260. The summed E-state index contributed by atoms with van der Waals surface area (Å²) in [7, 11) is 0. The van der Waals surface area contributed by atoms with Crippen LogP contribution in [0.15, 0.2) is 30.3 Å². The van der Waals surface area contributed by atoms with Crippen LogP contribution in [0.3, 0.4) is 0 Å². The molecule has 1 fully saturated rings. The van der Waals surface area contributed by atoms with Crippen molar-refractivity contribution in [2.24, 2.45) is 11.3 Å². The fourth-order valence-electron chi connectivity index (χ4n) is 2.84. The Balaban J connectivity index is 0.00000127. The van der Waals surface area contributed by atoms with Gasteiger partial charge in [-0.05, 0) is 18.9 Å². The van der Waals surface area contributed by atoms with E-state index in [1.165, 1.54) is 5.56 Å².